The summed E-state index contributed by atoms with van der Waals surface area (Å²) in [7, 11) is -2.33. The van der Waals surface area contributed by atoms with E-state index in [9.17, 15) is 13.2 Å². The maximum atomic E-state index is 12.4. The van der Waals surface area contributed by atoms with Crippen molar-refractivity contribution in [3.8, 4) is 5.75 Å². The number of nitrogens with zero attached hydrogens (tertiary/aromatic N) is 2. The number of ether oxygens (including phenoxy) is 1. The lowest BCUT2D eigenvalue weighted by atomic mass is 10.0. The second-order valence-corrected chi connectivity index (χ2v) is 8.57. The summed E-state index contributed by atoms with van der Waals surface area (Å²) in [5, 5.41) is 9.99. The molecule has 29 heavy (non-hydrogen) atoms. The zero-order chi connectivity index (χ0) is 21.0. The largest absolute Gasteiger partial charge is 0.497 e. The second-order valence-electron chi connectivity index (χ2n) is 6.58. The Hall–Kier alpha value is -3.20. The minimum atomic E-state index is -3.81. The number of aryl methyl sites for hydroxylation is 2. The highest BCUT2D eigenvalue weighted by Gasteiger charge is 2.21. The maximum absolute atomic E-state index is 12.4. The van der Waals surface area contributed by atoms with E-state index >= 15 is 0 Å². The molecule has 3 rings (SSSR count). The molecule has 0 saturated carbocycles. The molecule has 0 unspecified atom stereocenters. The van der Waals surface area contributed by atoms with Gasteiger partial charge in [0.15, 0.2) is 9.84 Å². The molecule has 2 aromatic carbocycles. The zero-order valence-electron chi connectivity index (χ0n) is 16.3. The highest BCUT2D eigenvalue weighted by molar-refractivity contribution is 7.92. The number of carbonyl (C=O) groups is 1. The van der Waals surface area contributed by atoms with E-state index in [0.29, 0.717) is 18.1 Å². The van der Waals surface area contributed by atoms with Crippen LogP contribution < -0.4 is 10.1 Å². The number of nitrogens with one attached hydrogen (secondary N) is 1. The molecule has 1 aromatic heterocycles. The van der Waals surface area contributed by atoms with E-state index in [1.54, 1.807) is 0 Å². The molecule has 9 heteroatoms. The number of hydrogen-bond acceptors (Lipinski definition) is 7. The lowest BCUT2D eigenvalue weighted by molar-refractivity contribution is -0.114. The van der Waals surface area contributed by atoms with E-state index in [2.05, 4.69) is 15.5 Å². The molecule has 0 bridgehead atoms. The van der Waals surface area contributed by atoms with Crippen molar-refractivity contribution in [1.82, 2.24) is 10.2 Å². The molecule has 0 spiro atoms. The van der Waals surface area contributed by atoms with Gasteiger partial charge in [-0.2, -0.15) is 0 Å². The summed E-state index contributed by atoms with van der Waals surface area (Å²) in [6, 6.07) is 11.7. The van der Waals surface area contributed by atoms with Crippen LogP contribution in [0.5, 0.6) is 5.75 Å². The number of methoxy groups -OCH3 is 1. The monoisotopic (exact) mass is 415 g/mol. The van der Waals surface area contributed by atoms with Gasteiger partial charge in [-0.1, -0.05) is 23.3 Å². The van der Waals surface area contributed by atoms with Crippen molar-refractivity contribution in [2.75, 3.05) is 18.2 Å². The topological polar surface area (TPSA) is 111 Å². The van der Waals surface area contributed by atoms with Crippen LogP contribution in [0.15, 0.2) is 51.8 Å². The third kappa shape index (κ3) is 5.20. The highest BCUT2D eigenvalue weighted by Crippen LogP contribution is 2.18. The van der Waals surface area contributed by atoms with E-state index in [0.717, 1.165) is 11.1 Å². The van der Waals surface area contributed by atoms with Gasteiger partial charge in [0.2, 0.25) is 11.8 Å². The van der Waals surface area contributed by atoms with Gasteiger partial charge in [0.05, 0.1) is 18.4 Å². The number of amides is 1. The molecule has 0 aliphatic heterocycles. The van der Waals surface area contributed by atoms with Gasteiger partial charge in [-0.25, -0.2) is 8.42 Å². The fourth-order valence-corrected chi connectivity index (χ4v) is 3.79. The summed E-state index contributed by atoms with van der Waals surface area (Å²) in [6.07, 6.45) is 0.411. The molecule has 0 atom stereocenters. The van der Waals surface area contributed by atoms with Gasteiger partial charge in [0.1, 0.15) is 11.5 Å². The van der Waals surface area contributed by atoms with Gasteiger partial charge < -0.3 is 9.15 Å². The molecule has 0 aliphatic carbocycles. The van der Waals surface area contributed by atoms with Crippen LogP contribution in [0.25, 0.3) is 0 Å². The van der Waals surface area contributed by atoms with Crippen molar-refractivity contribution >= 4 is 21.8 Å². The van der Waals surface area contributed by atoms with Crippen LogP contribution in [0.3, 0.4) is 0 Å². The fourth-order valence-electron chi connectivity index (χ4n) is 2.66. The molecular formula is C20H21N3O5S. The molecule has 152 valence electrons. The van der Waals surface area contributed by atoms with Crippen LogP contribution in [0.4, 0.5) is 6.01 Å². The van der Waals surface area contributed by atoms with Crippen LogP contribution in [0.2, 0.25) is 0 Å². The molecule has 0 radical (unpaired) electrons. The Bertz CT molecular complexity index is 1120. The molecular weight excluding hydrogens is 394 g/mol. The van der Waals surface area contributed by atoms with Crippen molar-refractivity contribution in [3.63, 3.8) is 0 Å². The first-order chi connectivity index (χ1) is 13.8. The summed E-state index contributed by atoms with van der Waals surface area (Å²) in [5.74, 6) is -0.659. The Balaban J connectivity index is 1.62. The molecule has 0 saturated heterocycles. The van der Waals surface area contributed by atoms with Gasteiger partial charge in [-0.05, 0) is 54.8 Å². The third-order valence-electron chi connectivity index (χ3n) is 4.38. The quantitative estimate of drug-likeness (QED) is 0.631. The van der Waals surface area contributed by atoms with Crippen molar-refractivity contribution in [1.29, 1.82) is 0 Å². The van der Waals surface area contributed by atoms with Crippen molar-refractivity contribution in [3.05, 3.63) is 65.0 Å². The van der Waals surface area contributed by atoms with Gasteiger partial charge in [0.25, 0.3) is 0 Å². The summed E-state index contributed by atoms with van der Waals surface area (Å²) in [6.45, 7) is 4.04. The van der Waals surface area contributed by atoms with Gasteiger partial charge in [-0.15, -0.1) is 5.10 Å². The SMILES string of the molecule is COc1ccc(S(=O)(=O)CC(=O)Nc2nnc(Cc3ccc(C)c(C)c3)o2)cc1. The smallest absolute Gasteiger partial charge is 0.322 e. The van der Waals surface area contributed by atoms with Crippen LogP contribution >= 0.6 is 0 Å². The van der Waals surface area contributed by atoms with E-state index in [4.69, 9.17) is 9.15 Å². The van der Waals surface area contributed by atoms with E-state index in [-0.39, 0.29) is 10.9 Å². The summed E-state index contributed by atoms with van der Waals surface area (Å²) < 4.78 is 35.2. The van der Waals surface area contributed by atoms with E-state index in [1.165, 1.54) is 36.9 Å². The summed E-state index contributed by atoms with van der Waals surface area (Å²) in [5.41, 5.74) is 3.33. The number of hydrogen-bond donors (Lipinski definition) is 1. The number of anilines is 1. The second kappa shape index (κ2) is 8.44. The van der Waals surface area contributed by atoms with E-state index < -0.39 is 21.5 Å². The highest BCUT2D eigenvalue weighted by atomic mass is 32.2. The number of aromatic nitrogens is 2. The van der Waals surface area contributed by atoms with Gasteiger partial charge in [0, 0.05) is 0 Å². The Labute approximate surface area is 168 Å². The molecule has 1 heterocycles. The zero-order valence-corrected chi connectivity index (χ0v) is 17.1. The Morgan fingerprint density at radius 2 is 1.79 bits per heavy atom. The normalized spacial score (nSPS) is 11.3. The predicted octanol–water partition coefficient (Wildman–Crippen LogP) is 2.70. The number of rotatable bonds is 7. The Morgan fingerprint density at radius 3 is 2.45 bits per heavy atom. The average Bonchev–Trinajstić information content (AvgIpc) is 3.11. The van der Waals surface area contributed by atoms with Crippen molar-refractivity contribution in [2.24, 2.45) is 0 Å². The standard InChI is InChI=1S/C20H21N3O5S/c1-13-4-5-15(10-14(13)2)11-19-22-23-20(28-19)21-18(24)12-29(25,26)17-8-6-16(27-3)7-9-17/h4-10H,11-12H2,1-3H3,(H,21,23,24). The Morgan fingerprint density at radius 1 is 1.07 bits per heavy atom. The first-order valence-electron chi connectivity index (χ1n) is 8.82. The maximum Gasteiger partial charge on any atom is 0.322 e. The van der Waals surface area contributed by atoms with Crippen molar-refractivity contribution < 1.29 is 22.4 Å². The third-order valence-corrected chi connectivity index (χ3v) is 6.01. The number of sulfone groups is 1. The lowest BCUT2D eigenvalue weighted by Gasteiger charge is -2.05. The predicted molar refractivity (Wildman–Crippen MR) is 107 cm³/mol. The summed E-state index contributed by atoms with van der Waals surface area (Å²) >= 11 is 0. The first-order valence-corrected chi connectivity index (χ1v) is 10.5. The van der Waals surface area contributed by atoms with Crippen LogP contribution in [-0.4, -0.2) is 37.4 Å². The number of benzene rings is 2. The van der Waals surface area contributed by atoms with Crippen LogP contribution in [-0.2, 0) is 21.1 Å². The summed E-state index contributed by atoms with van der Waals surface area (Å²) in [4.78, 5) is 12.2. The molecule has 8 nitrogen and oxygen atoms in total. The van der Waals surface area contributed by atoms with Crippen molar-refractivity contribution in [2.45, 2.75) is 25.2 Å². The minimum absolute atomic E-state index is 0.0226. The van der Waals surface area contributed by atoms with Crippen LogP contribution in [0.1, 0.15) is 22.6 Å². The van der Waals surface area contributed by atoms with Gasteiger partial charge >= 0.3 is 6.01 Å². The number of carbonyl (C=O) groups excluding carboxylic acids is 1. The first kappa shape index (κ1) is 20.5. The molecule has 0 aliphatic rings. The fraction of sp³-hybridized carbons (Fsp3) is 0.250. The molecule has 1 amide bonds. The minimum Gasteiger partial charge on any atom is -0.497 e. The van der Waals surface area contributed by atoms with Crippen LogP contribution in [0, 0.1) is 13.8 Å². The molecule has 3 aromatic rings. The molecule has 0 fully saturated rings. The lowest BCUT2D eigenvalue weighted by Crippen LogP contribution is -2.23. The average molecular weight is 415 g/mol. The molecule has 1 N–H and O–H groups in total. The van der Waals surface area contributed by atoms with Gasteiger partial charge in [-0.3, -0.25) is 10.1 Å². The Kier molecular flexibility index (Phi) is 5.97. The van der Waals surface area contributed by atoms with E-state index in [1.807, 2.05) is 32.0 Å².